The van der Waals surface area contributed by atoms with Gasteiger partial charge in [0.05, 0.1) is 38.6 Å². The first-order valence-electron chi connectivity index (χ1n) is 5.64. The zero-order valence-electron chi connectivity index (χ0n) is 10.6. The lowest BCUT2D eigenvalue weighted by Crippen LogP contribution is -2.47. The van der Waals surface area contributed by atoms with E-state index in [4.69, 9.17) is 9.47 Å². The van der Waals surface area contributed by atoms with Gasteiger partial charge >= 0.3 is 5.97 Å². The summed E-state index contributed by atoms with van der Waals surface area (Å²) in [5.74, 6) is -0.467. The highest BCUT2D eigenvalue weighted by Crippen LogP contribution is 2.13. The Morgan fingerprint density at radius 1 is 1.44 bits per heavy atom. The summed E-state index contributed by atoms with van der Waals surface area (Å²) >= 11 is 0. The number of morpholine rings is 1. The summed E-state index contributed by atoms with van der Waals surface area (Å²) in [7, 11) is -0.601. The van der Waals surface area contributed by atoms with Crippen LogP contribution in [0.2, 0.25) is 0 Å². The minimum atomic E-state index is -3.34. The number of methoxy groups -OCH3 is 2. The predicted octanol–water partition coefficient (Wildman–Crippen LogP) is -0.773. The SMILES string of the molecule is COCCS(=O)(=O)N1CCOC(CC(=O)OC)C1. The molecule has 106 valence electrons. The Morgan fingerprint density at radius 2 is 2.17 bits per heavy atom. The van der Waals surface area contributed by atoms with E-state index < -0.39 is 22.1 Å². The molecule has 0 radical (unpaired) electrons. The van der Waals surface area contributed by atoms with Crippen molar-refractivity contribution in [3.8, 4) is 0 Å². The van der Waals surface area contributed by atoms with Gasteiger partial charge in [-0.2, -0.15) is 4.31 Å². The second-order valence-corrected chi connectivity index (χ2v) is 6.03. The number of rotatable bonds is 6. The van der Waals surface area contributed by atoms with Crippen LogP contribution in [0.5, 0.6) is 0 Å². The Balaban J connectivity index is 2.55. The highest BCUT2D eigenvalue weighted by Gasteiger charge is 2.30. The lowest BCUT2D eigenvalue weighted by Gasteiger charge is -2.31. The van der Waals surface area contributed by atoms with E-state index in [2.05, 4.69) is 4.74 Å². The third-order valence-corrected chi connectivity index (χ3v) is 4.46. The van der Waals surface area contributed by atoms with Crippen LogP contribution in [0.15, 0.2) is 0 Å². The quantitative estimate of drug-likeness (QED) is 0.594. The molecule has 1 aliphatic rings. The second-order valence-electron chi connectivity index (χ2n) is 3.94. The Bertz CT molecular complexity index is 369. The average molecular weight is 281 g/mol. The summed E-state index contributed by atoms with van der Waals surface area (Å²) in [5, 5.41) is 0. The smallest absolute Gasteiger partial charge is 0.308 e. The molecule has 1 unspecified atom stereocenters. The molecule has 7 nitrogen and oxygen atoms in total. The van der Waals surface area contributed by atoms with Gasteiger partial charge in [-0.25, -0.2) is 8.42 Å². The fraction of sp³-hybridized carbons (Fsp3) is 0.900. The van der Waals surface area contributed by atoms with Gasteiger partial charge in [0.25, 0.3) is 0 Å². The zero-order valence-corrected chi connectivity index (χ0v) is 11.4. The Kier molecular flexibility index (Phi) is 6.00. The van der Waals surface area contributed by atoms with Gasteiger partial charge in [-0.1, -0.05) is 0 Å². The molecule has 0 spiro atoms. The van der Waals surface area contributed by atoms with Gasteiger partial charge in [0.1, 0.15) is 0 Å². The van der Waals surface area contributed by atoms with Crippen LogP contribution >= 0.6 is 0 Å². The highest BCUT2D eigenvalue weighted by molar-refractivity contribution is 7.89. The summed E-state index contributed by atoms with van der Waals surface area (Å²) in [6.45, 7) is 0.931. The van der Waals surface area contributed by atoms with Crippen LogP contribution in [0, 0.1) is 0 Å². The van der Waals surface area contributed by atoms with Gasteiger partial charge in [0, 0.05) is 20.2 Å². The van der Waals surface area contributed by atoms with E-state index in [1.54, 1.807) is 0 Å². The van der Waals surface area contributed by atoms with Crippen LogP contribution in [-0.2, 0) is 29.0 Å². The van der Waals surface area contributed by atoms with Crippen molar-refractivity contribution in [3.63, 3.8) is 0 Å². The van der Waals surface area contributed by atoms with Crippen molar-refractivity contribution in [1.82, 2.24) is 4.31 Å². The molecule has 0 bridgehead atoms. The Morgan fingerprint density at radius 3 is 2.78 bits per heavy atom. The number of hydrogen-bond donors (Lipinski definition) is 0. The number of nitrogens with zero attached hydrogens (tertiary/aromatic N) is 1. The molecule has 0 aromatic rings. The maximum absolute atomic E-state index is 11.9. The molecule has 1 rings (SSSR count). The van der Waals surface area contributed by atoms with Gasteiger partial charge in [-0.3, -0.25) is 4.79 Å². The molecule has 1 aliphatic heterocycles. The molecular weight excluding hydrogens is 262 g/mol. The number of carbonyl (C=O) groups excluding carboxylic acids is 1. The molecule has 18 heavy (non-hydrogen) atoms. The first-order valence-corrected chi connectivity index (χ1v) is 7.25. The van der Waals surface area contributed by atoms with E-state index in [1.807, 2.05) is 0 Å². The largest absolute Gasteiger partial charge is 0.469 e. The normalized spacial score (nSPS) is 21.8. The fourth-order valence-electron chi connectivity index (χ4n) is 1.66. The first-order chi connectivity index (χ1) is 8.49. The summed E-state index contributed by atoms with van der Waals surface area (Å²) in [6.07, 6.45) is -0.379. The lowest BCUT2D eigenvalue weighted by atomic mass is 10.2. The van der Waals surface area contributed by atoms with Gasteiger partial charge in [-0.15, -0.1) is 0 Å². The summed E-state index contributed by atoms with van der Waals surface area (Å²) < 4.78 is 39.8. The van der Waals surface area contributed by atoms with Crippen LogP contribution in [0.3, 0.4) is 0 Å². The van der Waals surface area contributed by atoms with E-state index in [1.165, 1.54) is 18.5 Å². The van der Waals surface area contributed by atoms with Crippen LogP contribution in [0.25, 0.3) is 0 Å². The molecule has 0 aromatic heterocycles. The number of carbonyl (C=O) groups is 1. The van der Waals surface area contributed by atoms with Crippen LogP contribution in [0.1, 0.15) is 6.42 Å². The second kappa shape index (κ2) is 7.03. The summed E-state index contributed by atoms with van der Waals surface area (Å²) in [4.78, 5) is 11.1. The van der Waals surface area contributed by atoms with Crippen molar-refractivity contribution in [2.45, 2.75) is 12.5 Å². The van der Waals surface area contributed by atoms with Crippen molar-refractivity contribution in [3.05, 3.63) is 0 Å². The Labute approximate surface area is 107 Å². The van der Waals surface area contributed by atoms with Crippen molar-refractivity contribution >= 4 is 16.0 Å². The average Bonchev–Trinajstić information content (AvgIpc) is 2.36. The van der Waals surface area contributed by atoms with E-state index in [0.717, 1.165) is 0 Å². The van der Waals surface area contributed by atoms with Gasteiger partial charge in [0.15, 0.2) is 0 Å². The lowest BCUT2D eigenvalue weighted by molar-refractivity contribution is -0.145. The van der Waals surface area contributed by atoms with E-state index in [9.17, 15) is 13.2 Å². The maximum Gasteiger partial charge on any atom is 0.308 e. The topological polar surface area (TPSA) is 82.1 Å². The molecule has 0 N–H and O–H groups in total. The standard InChI is InChI=1S/C10H19NO6S/c1-15-5-6-18(13,14)11-3-4-17-9(8-11)7-10(12)16-2/h9H,3-8H2,1-2H3. The third kappa shape index (κ3) is 4.52. The van der Waals surface area contributed by atoms with Gasteiger partial charge < -0.3 is 14.2 Å². The van der Waals surface area contributed by atoms with Crippen LogP contribution in [0.4, 0.5) is 0 Å². The highest BCUT2D eigenvalue weighted by atomic mass is 32.2. The molecule has 1 heterocycles. The van der Waals surface area contributed by atoms with E-state index in [0.29, 0.717) is 6.54 Å². The molecule has 0 aliphatic carbocycles. The molecular formula is C10H19NO6S. The number of hydrogen-bond acceptors (Lipinski definition) is 6. The summed E-state index contributed by atoms with van der Waals surface area (Å²) in [6, 6.07) is 0. The first kappa shape index (κ1) is 15.4. The number of ether oxygens (including phenoxy) is 3. The summed E-state index contributed by atoms with van der Waals surface area (Å²) in [5.41, 5.74) is 0. The fourth-order valence-corrected chi connectivity index (χ4v) is 3.04. The maximum atomic E-state index is 11.9. The van der Waals surface area contributed by atoms with Crippen molar-refractivity contribution in [1.29, 1.82) is 0 Å². The van der Waals surface area contributed by atoms with Crippen molar-refractivity contribution in [2.24, 2.45) is 0 Å². The third-order valence-electron chi connectivity index (χ3n) is 2.66. The van der Waals surface area contributed by atoms with Crippen molar-refractivity contribution in [2.75, 3.05) is 46.3 Å². The Hall–Kier alpha value is -0.700. The van der Waals surface area contributed by atoms with E-state index >= 15 is 0 Å². The van der Waals surface area contributed by atoms with Crippen molar-refractivity contribution < 1.29 is 27.4 Å². The number of sulfonamides is 1. The van der Waals surface area contributed by atoms with Crippen LogP contribution in [-0.4, -0.2) is 71.1 Å². The zero-order chi connectivity index (χ0) is 13.6. The minimum absolute atomic E-state index is 0.0611. The van der Waals surface area contributed by atoms with E-state index in [-0.39, 0.29) is 31.9 Å². The molecule has 1 atom stereocenters. The van der Waals surface area contributed by atoms with Gasteiger partial charge in [-0.05, 0) is 0 Å². The molecule has 1 fully saturated rings. The monoisotopic (exact) mass is 281 g/mol. The molecule has 1 saturated heterocycles. The molecule has 0 saturated carbocycles. The predicted molar refractivity (Wildman–Crippen MR) is 63.6 cm³/mol. The molecule has 8 heteroatoms. The van der Waals surface area contributed by atoms with Crippen LogP contribution < -0.4 is 0 Å². The molecule has 0 aromatic carbocycles. The van der Waals surface area contributed by atoms with Gasteiger partial charge in [0.2, 0.25) is 10.0 Å². The number of esters is 1. The minimum Gasteiger partial charge on any atom is -0.469 e. The molecule has 0 amide bonds.